The molecule has 0 saturated carbocycles. The minimum absolute atomic E-state index is 0.232. The van der Waals surface area contributed by atoms with Crippen LogP contribution < -0.4 is 11.1 Å². The van der Waals surface area contributed by atoms with Crippen LogP contribution in [-0.4, -0.2) is 5.91 Å². The fourth-order valence-electron chi connectivity index (χ4n) is 1.64. The first kappa shape index (κ1) is 13.4. The Morgan fingerprint density at radius 1 is 1.47 bits per heavy atom. The van der Waals surface area contributed by atoms with Gasteiger partial charge < -0.3 is 15.5 Å². The average molecular weight is 321 g/mol. The van der Waals surface area contributed by atoms with Crippen LogP contribution in [-0.2, 0) is 4.79 Å². The van der Waals surface area contributed by atoms with E-state index >= 15 is 0 Å². The molecule has 1 aromatic heterocycles. The summed E-state index contributed by atoms with van der Waals surface area (Å²) < 4.78 is 5.86. The van der Waals surface area contributed by atoms with E-state index in [0.717, 1.165) is 10.0 Å². The number of furan rings is 1. The molecule has 4 nitrogen and oxygen atoms in total. The molecule has 1 amide bonds. The molecule has 2 rings (SSSR count). The second-order valence-corrected chi connectivity index (χ2v) is 4.89. The van der Waals surface area contributed by atoms with Gasteiger partial charge in [0.2, 0.25) is 5.91 Å². The van der Waals surface area contributed by atoms with Crippen molar-refractivity contribution in [3.05, 3.63) is 52.4 Å². The normalized spacial score (nSPS) is 10.8. The number of hydrogen-bond donors (Lipinski definition) is 2. The van der Waals surface area contributed by atoms with E-state index in [0.29, 0.717) is 17.1 Å². The van der Waals surface area contributed by atoms with Crippen molar-refractivity contribution in [2.45, 2.75) is 6.92 Å². The zero-order valence-corrected chi connectivity index (χ0v) is 11.9. The molecule has 19 heavy (non-hydrogen) atoms. The number of aryl methyl sites for hydroxylation is 1. The molecule has 1 heterocycles. The summed E-state index contributed by atoms with van der Waals surface area (Å²) in [5, 5.41) is 2.80. The molecule has 0 fully saturated rings. The molecule has 98 valence electrons. The van der Waals surface area contributed by atoms with Gasteiger partial charge in [-0.05, 0) is 58.8 Å². The van der Waals surface area contributed by atoms with Gasteiger partial charge in [-0.15, -0.1) is 0 Å². The van der Waals surface area contributed by atoms with Gasteiger partial charge in [-0.3, -0.25) is 4.79 Å². The lowest BCUT2D eigenvalue weighted by molar-refractivity contribution is -0.111. The first-order valence-electron chi connectivity index (χ1n) is 5.64. The fraction of sp³-hybridized carbons (Fsp3) is 0.0714. The molecule has 0 spiro atoms. The second-order valence-electron chi connectivity index (χ2n) is 4.03. The van der Waals surface area contributed by atoms with Gasteiger partial charge in [0.25, 0.3) is 0 Å². The lowest BCUT2D eigenvalue weighted by atomic mass is 10.2. The van der Waals surface area contributed by atoms with E-state index in [2.05, 4.69) is 21.2 Å². The molecule has 3 N–H and O–H groups in total. The van der Waals surface area contributed by atoms with Gasteiger partial charge in [0.15, 0.2) is 0 Å². The molecule has 1 aromatic carbocycles. The van der Waals surface area contributed by atoms with Crippen molar-refractivity contribution >= 4 is 39.3 Å². The number of halogens is 1. The van der Waals surface area contributed by atoms with Gasteiger partial charge in [-0.25, -0.2) is 0 Å². The van der Waals surface area contributed by atoms with Crippen molar-refractivity contribution in [2.24, 2.45) is 0 Å². The molecule has 0 atom stereocenters. The molecule has 0 saturated heterocycles. The fourth-order valence-corrected chi connectivity index (χ4v) is 2.31. The number of anilines is 2. The van der Waals surface area contributed by atoms with Gasteiger partial charge in [0, 0.05) is 16.2 Å². The van der Waals surface area contributed by atoms with Gasteiger partial charge in [-0.1, -0.05) is 0 Å². The summed E-state index contributed by atoms with van der Waals surface area (Å²) in [5.74, 6) is 0.396. The maximum Gasteiger partial charge on any atom is 0.248 e. The Hall–Kier alpha value is -2.01. The van der Waals surface area contributed by atoms with E-state index in [1.54, 1.807) is 36.6 Å². The summed E-state index contributed by atoms with van der Waals surface area (Å²) in [6.07, 6.45) is 4.58. The smallest absolute Gasteiger partial charge is 0.248 e. The van der Waals surface area contributed by atoms with Gasteiger partial charge in [-0.2, -0.15) is 0 Å². The predicted octanol–water partition coefficient (Wildman–Crippen LogP) is 3.58. The third kappa shape index (κ3) is 3.48. The van der Waals surface area contributed by atoms with Crippen LogP contribution in [0, 0.1) is 6.92 Å². The molecule has 5 heteroatoms. The maximum atomic E-state index is 11.8. The van der Waals surface area contributed by atoms with Crippen molar-refractivity contribution in [1.29, 1.82) is 0 Å². The number of nitrogens with one attached hydrogen (secondary N) is 1. The Kier molecular flexibility index (Phi) is 4.06. The summed E-state index contributed by atoms with van der Waals surface area (Å²) in [7, 11) is 0. The number of rotatable bonds is 3. The second kappa shape index (κ2) is 5.75. The molecule has 0 unspecified atom stereocenters. The Morgan fingerprint density at radius 2 is 2.26 bits per heavy atom. The third-order valence-corrected chi connectivity index (χ3v) is 3.13. The summed E-state index contributed by atoms with van der Waals surface area (Å²) in [4.78, 5) is 11.8. The summed E-state index contributed by atoms with van der Waals surface area (Å²) >= 11 is 3.38. The number of nitrogen functional groups attached to an aromatic ring is 1. The molecule has 2 aromatic rings. The molecular formula is C14H13BrN2O2. The van der Waals surface area contributed by atoms with Crippen molar-refractivity contribution in [3.8, 4) is 0 Å². The third-order valence-electron chi connectivity index (χ3n) is 2.50. The lowest BCUT2D eigenvalue weighted by Gasteiger charge is -2.10. The number of nitrogens with two attached hydrogens (primary N) is 1. The molecule has 0 aliphatic heterocycles. The van der Waals surface area contributed by atoms with Crippen molar-refractivity contribution < 1.29 is 9.21 Å². The van der Waals surface area contributed by atoms with E-state index in [4.69, 9.17) is 10.2 Å². The topological polar surface area (TPSA) is 68.3 Å². The predicted molar refractivity (Wildman–Crippen MR) is 79.7 cm³/mol. The van der Waals surface area contributed by atoms with E-state index in [-0.39, 0.29) is 5.91 Å². The highest BCUT2D eigenvalue weighted by Gasteiger charge is 2.07. The van der Waals surface area contributed by atoms with Crippen LogP contribution >= 0.6 is 15.9 Å². The van der Waals surface area contributed by atoms with Crippen LogP contribution in [0.25, 0.3) is 6.08 Å². The van der Waals surface area contributed by atoms with Crippen LogP contribution in [0.2, 0.25) is 0 Å². The van der Waals surface area contributed by atoms with Crippen molar-refractivity contribution in [1.82, 2.24) is 0 Å². The maximum absolute atomic E-state index is 11.8. The highest BCUT2D eigenvalue weighted by atomic mass is 79.9. The quantitative estimate of drug-likeness (QED) is 0.670. The van der Waals surface area contributed by atoms with E-state index in [9.17, 15) is 4.79 Å². The molecule has 0 radical (unpaired) electrons. The summed E-state index contributed by atoms with van der Waals surface area (Å²) in [5.41, 5.74) is 7.97. The Labute approximate surface area is 119 Å². The number of hydrogen-bond acceptors (Lipinski definition) is 3. The highest BCUT2D eigenvalue weighted by Crippen LogP contribution is 2.28. The minimum Gasteiger partial charge on any atom is -0.465 e. The lowest BCUT2D eigenvalue weighted by Crippen LogP contribution is -2.09. The zero-order chi connectivity index (χ0) is 13.8. The summed E-state index contributed by atoms with van der Waals surface area (Å²) in [6, 6.07) is 7.09. The van der Waals surface area contributed by atoms with Crippen LogP contribution in [0.1, 0.15) is 11.3 Å². The minimum atomic E-state index is -0.232. The number of amides is 1. The van der Waals surface area contributed by atoms with Crippen LogP contribution in [0.4, 0.5) is 11.4 Å². The van der Waals surface area contributed by atoms with Gasteiger partial charge in [0.1, 0.15) is 5.76 Å². The van der Waals surface area contributed by atoms with Crippen LogP contribution in [0.5, 0.6) is 0 Å². The van der Waals surface area contributed by atoms with Gasteiger partial charge in [0.05, 0.1) is 12.0 Å². The Morgan fingerprint density at radius 3 is 2.89 bits per heavy atom. The van der Waals surface area contributed by atoms with Crippen LogP contribution in [0.3, 0.4) is 0 Å². The van der Waals surface area contributed by atoms with Crippen molar-refractivity contribution in [2.75, 3.05) is 11.1 Å². The average Bonchev–Trinajstić information content (AvgIpc) is 2.84. The van der Waals surface area contributed by atoms with E-state index in [1.165, 1.54) is 6.08 Å². The Balaban J connectivity index is 2.11. The molecule has 0 aliphatic rings. The highest BCUT2D eigenvalue weighted by molar-refractivity contribution is 9.10. The standard InChI is InChI=1S/C14H13BrN2O2/c1-9-7-10(16)8-12(15)14(9)17-13(18)5-4-11-3-2-6-19-11/h2-8H,16H2,1H3,(H,17,18)/b5-4+. The van der Waals surface area contributed by atoms with E-state index < -0.39 is 0 Å². The number of benzene rings is 1. The molecular weight excluding hydrogens is 308 g/mol. The number of carbonyl (C=O) groups excluding carboxylic acids is 1. The number of carbonyl (C=O) groups is 1. The Bertz CT molecular complexity index is 595. The SMILES string of the molecule is Cc1cc(N)cc(Br)c1NC(=O)/C=C/c1ccco1. The largest absolute Gasteiger partial charge is 0.465 e. The first-order valence-corrected chi connectivity index (χ1v) is 6.44. The van der Waals surface area contributed by atoms with Gasteiger partial charge >= 0.3 is 0 Å². The zero-order valence-electron chi connectivity index (χ0n) is 10.3. The first-order chi connectivity index (χ1) is 9.06. The van der Waals surface area contributed by atoms with E-state index in [1.807, 2.05) is 6.92 Å². The monoisotopic (exact) mass is 320 g/mol. The molecule has 0 aliphatic carbocycles. The summed E-state index contributed by atoms with van der Waals surface area (Å²) in [6.45, 7) is 1.88. The molecule has 0 bridgehead atoms. The van der Waals surface area contributed by atoms with Crippen LogP contribution in [0.15, 0.2) is 45.5 Å². The van der Waals surface area contributed by atoms with Crippen molar-refractivity contribution in [3.63, 3.8) is 0 Å².